The number of unbranched alkanes of at least 4 members (excludes halogenated alkanes) is 7. The lowest BCUT2D eigenvalue weighted by Gasteiger charge is -1.98. The van der Waals surface area contributed by atoms with Gasteiger partial charge in [-0.05, 0) is 12.8 Å². The van der Waals surface area contributed by atoms with E-state index in [0.29, 0.717) is 6.54 Å². The lowest BCUT2D eigenvalue weighted by Crippen LogP contribution is -2.02. The van der Waals surface area contributed by atoms with Crippen LogP contribution in [-0.2, 0) is 4.79 Å². The molecule has 26 heavy (non-hydrogen) atoms. The molecule has 0 aliphatic heterocycles. The van der Waals surface area contributed by atoms with E-state index < -0.39 is 5.97 Å². The minimum atomic E-state index is -0.931. The maximum Gasteiger partial charge on any atom is 0.328 e. The number of carboxylic acids is 1. The summed E-state index contributed by atoms with van der Waals surface area (Å²) in [6.45, 7) is 2.72. The number of aliphatic hydroxyl groups excluding tert-OH is 1. The van der Waals surface area contributed by atoms with E-state index in [2.05, 4.69) is 19.1 Å². The van der Waals surface area contributed by atoms with Gasteiger partial charge in [0.2, 0.25) is 0 Å². The zero-order chi connectivity index (χ0) is 19.7. The molecule has 0 fully saturated rings. The van der Waals surface area contributed by atoms with Crippen molar-refractivity contribution < 1.29 is 15.0 Å². The zero-order valence-electron chi connectivity index (χ0n) is 16.2. The van der Waals surface area contributed by atoms with Crippen molar-refractivity contribution in [1.82, 2.24) is 0 Å². The molecule has 0 aromatic carbocycles. The van der Waals surface area contributed by atoms with Crippen LogP contribution in [0.5, 0.6) is 0 Å². The Bertz CT molecular complexity index is 433. The Balaban J connectivity index is 0. The number of rotatable bonds is 14. The summed E-state index contributed by atoms with van der Waals surface area (Å²) in [5, 5.41) is 16.1. The summed E-state index contributed by atoms with van der Waals surface area (Å²) < 4.78 is 0. The number of carbonyl (C=O) groups is 1. The SMILES string of the molecule is CCCCCCCCC\C=C/C=C\C=C\C=C/C=C/C(=O)O.NCCO. The monoisotopic (exact) mass is 363 g/mol. The Labute approximate surface area is 159 Å². The lowest BCUT2D eigenvalue weighted by atomic mass is 10.1. The van der Waals surface area contributed by atoms with Crippen molar-refractivity contribution in [2.75, 3.05) is 13.2 Å². The Kier molecular flexibility index (Phi) is 25.6. The molecule has 0 rings (SSSR count). The van der Waals surface area contributed by atoms with Gasteiger partial charge in [-0.25, -0.2) is 4.79 Å². The van der Waals surface area contributed by atoms with Crippen LogP contribution in [-0.4, -0.2) is 29.3 Å². The van der Waals surface area contributed by atoms with Gasteiger partial charge in [-0.3, -0.25) is 0 Å². The summed E-state index contributed by atoms with van der Waals surface area (Å²) >= 11 is 0. The average molecular weight is 364 g/mol. The smallest absolute Gasteiger partial charge is 0.328 e. The summed E-state index contributed by atoms with van der Waals surface area (Å²) in [6, 6.07) is 0. The fourth-order valence-corrected chi connectivity index (χ4v) is 1.92. The molecule has 0 unspecified atom stereocenters. The summed E-state index contributed by atoms with van der Waals surface area (Å²) in [5.74, 6) is -0.931. The molecule has 4 heteroatoms. The van der Waals surface area contributed by atoms with Crippen LogP contribution in [0.4, 0.5) is 0 Å². The zero-order valence-corrected chi connectivity index (χ0v) is 16.2. The molecule has 0 radical (unpaired) electrons. The molecule has 0 heterocycles. The molecule has 0 bridgehead atoms. The second-order valence-electron chi connectivity index (χ2n) is 5.70. The van der Waals surface area contributed by atoms with E-state index in [1.807, 2.05) is 24.3 Å². The van der Waals surface area contributed by atoms with Crippen LogP contribution in [0.15, 0.2) is 60.8 Å². The van der Waals surface area contributed by atoms with Crippen molar-refractivity contribution in [3.63, 3.8) is 0 Å². The summed E-state index contributed by atoms with van der Waals surface area (Å²) in [6.07, 6.45) is 28.8. The van der Waals surface area contributed by atoms with E-state index in [-0.39, 0.29) is 6.61 Å². The molecule has 0 saturated carbocycles. The fraction of sp³-hybridized carbons (Fsp3) is 0.500. The van der Waals surface area contributed by atoms with Gasteiger partial charge in [0.15, 0.2) is 0 Å². The molecule has 0 amide bonds. The minimum absolute atomic E-state index is 0.0972. The third-order valence-corrected chi connectivity index (χ3v) is 3.26. The molecule has 0 aliphatic carbocycles. The van der Waals surface area contributed by atoms with E-state index in [1.165, 1.54) is 51.0 Å². The fourth-order valence-electron chi connectivity index (χ4n) is 1.92. The minimum Gasteiger partial charge on any atom is -0.478 e. The summed E-state index contributed by atoms with van der Waals surface area (Å²) in [7, 11) is 0. The highest BCUT2D eigenvalue weighted by Gasteiger charge is 1.88. The first-order valence-electron chi connectivity index (χ1n) is 9.56. The van der Waals surface area contributed by atoms with Crippen molar-refractivity contribution >= 4 is 5.97 Å². The highest BCUT2D eigenvalue weighted by molar-refractivity contribution is 5.80. The molecule has 0 aromatic heterocycles. The maximum atomic E-state index is 10.2. The van der Waals surface area contributed by atoms with Gasteiger partial charge in [0, 0.05) is 12.6 Å². The second kappa shape index (κ2) is 25.3. The number of nitrogens with two attached hydrogens (primary N) is 1. The van der Waals surface area contributed by atoms with Crippen molar-refractivity contribution in [3.05, 3.63) is 60.8 Å². The van der Waals surface area contributed by atoms with E-state index in [0.717, 1.165) is 12.5 Å². The second-order valence-corrected chi connectivity index (χ2v) is 5.70. The van der Waals surface area contributed by atoms with E-state index in [1.54, 1.807) is 12.2 Å². The van der Waals surface area contributed by atoms with Gasteiger partial charge in [-0.1, -0.05) is 100 Å². The van der Waals surface area contributed by atoms with Gasteiger partial charge >= 0.3 is 5.97 Å². The first kappa shape index (κ1) is 26.3. The van der Waals surface area contributed by atoms with Gasteiger partial charge in [0.05, 0.1) is 6.61 Å². The van der Waals surface area contributed by atoms with Gasteiger partial charge in [-0.2, -0.15) is 0 Å². The standard InChI is InChI=1S/C20H30O2.C2H7NO/c1-2-3-4-5-6-7-8-9-10-11-12-13-14-15-16-17-18-19-20(21)22;3-1-2-4/h10-19H,2-9H2,1H3,(H,21,22);4H,1-3H2/b11-10-,13-12-,15-14+,17-16-,19-18+;. The van der Waals surface area contributed by atoms with Crippen LogP contribution >= 0.6 is 0 Å². The molecular formula is C22H37NO3. The summed E-state index contributed by atoms with van der Waals surface area (Å²) in [4.78, 5) is 10.2. The summed E-state index contributed by atoms with van der Waals surface area (Å²) in [5.41, 5.74) is 4.78. The molecule has 148 valence electrons. The topological polar surface area (TPSA) is 83.5 Å². The van der Waals surface area contributed by atoms with Crippen molar-refractivity contribution in [3.8, 4) is 0 Å². The van der Waals surface area contributed by atoms with Crippen LogP contribution < -0.4 is 5.73 Å². The number of aliphatic carboxylic acids is 1. The van der Waals surface area contributed by atoms with Crippen LogP contribution in [0.2, 0.25) is 0 Å². The third kappa shape index (κ3) is 30.0. The average Bonchev–Trinajstić information content (AvgIpc) is 2.64. The molecule has 0 atom stereocenters. The lowest BCUT2D eigenvalue weighted by molar-refractivity contribution is -0.131. The third-order valence-electron chi connectivity index (χ3n) is 3.26. The number of allylic oxidation sites excluding steroid dienone is 9. The van der Waals surface area contributed by atoms with E-state index in [4.69, 9.17) is 15.9 Å². The molecule has 4 N–H and O–H groups in total. The van der Waals surface area contributed by atoms with Gasteiger partial charge < -0.3 is 15.9 Å². The number of hydrogen-bond acceptors (Lipinski definition) is 3. The first-order valence-corrected chi connectivity index (χ1v) is 9.56. The number of hydrogen-bond donors (Lipinski definition) is 3. The molecular weight excluding hydrogens is 326 g/mol. The predicted octanol–water partition coefficient (Wildman–Crippen LogP) is 4.93. The van der Waals surface area contributed by atoms with E-state index >= 15 is 0 Å². The highest BCUT2D eigenvalue weighted by Crippen LogP contribution is 2.08. The molecule has 0 aromatic rings. The highest BCUT2D eigenvalue weighted by atomic mass is 16.4. The van der Waals surface area contributed by atoms with Crippen molar-refractivity contribution in [2.45, 2.75) is 58.3 Å². The van der Waals surface area contributed by atoms with Gasteiger partial charge in [0.25, 0.3) is 0 Å². The van der Waals surface area contributed by atoms with E-state index in [9.17, 15) is 4.79 Å². The van der Waals surface area contributed by atoms with Gasteiger partial charge in [-0.15, -0.1) is 0 Å². The number of carboxylic acid groups (broad SMARTS) is 1. The quantitative estimate of drug-likeness (QED) is 0.232. The molecule has 0 saturated heterocycles. The molecule has 0 aliphatic rings. The Morgan fingerprint density at radius 2 is 1.27 bits per heavy atom. The first-order chi connectivity index (χ1) is 12.7. The Morgan fingerprint density at radius 1 is 0.808 bits per heavy atom. The molecule has 0 spiro atoms. The van der Waals surface area contributed by atoms with Crippen LogP contribution in [0.3, 0.4) is 0 Å². The van der Waals surface area contributed by atoms with Crippen molar-refractivity contribution in [1.29, 1.82) is 0 Å². The Morgan fingerprint density at radius 3 is 1.77 bits per heavy atom. The largest absolute Gasteiger partial charge is 0.478 e. The molecule has 4 nitrogen and oxygen atoms in total. The van der Waals surface area contributed by atoms with Crippen LogP contribution in [0.25, 0.3) is 0 Å². The van der Waals surface area contributed by atoms with Crippen LogP contribution in [0, 0.1) is 0 Å². The number of aliphatic hydroxyl groups is 1. The maximum absolute atomic E-state index is 10.2. The Hall–Kier alpha value is -1.91. The van der Waals surface area contributed by atoms with Crippen LogP contribution in [0.1, 0.15) is 58.3 Å². The van der Waals surface area contributed by atoms with Crippen molar-refractivity contribution in [2.24, 2.45) is 5.73 Å². The van der Waals surface area contributed by atoms with Gasteiger partial charge in [0.1, 0.15) is 0 Å². The predicted molar refractivity (Wildman–Crippen MR) is 112 cm³/mol. The normalized spacial score (nSPS) is 12.0.